The Bertz CT molecular complexity index is 597. The minimum absolute atomic E-state index is 0.112. The van der Waals surface area contributed by atoms with E-state index in [1.54, 1.807) is 36.4 Å². The summed E-state index contributed by atoms with van der Waals surface area (Å²) in [6.45, 7) is 3.92. The van der Waals surface area contributed by atoms with Crippen LogP contribution in [0.4, 0.5) is 5.82 Å². The zero-order valence-electron chi connectivity index (χ0n) is 11.3. The average molecular weight is 335 g/mol. The number of carbonyl (C=O) groups excluding carboxylic acids is 1. The zero-order valence-corrected chi connectivity index (χ0v) is 12.8. The number of benzene rings is 1. The van der Waals surface area contributed by atoms with Crippen LogP contribution in [0.15, 0.2) is 47.1 Å². The first kappa shape index (κ1) is 14.5. The Morgan fingerprint density at radius 3 is 2.50 bits per heavy atom. The van der Waals surface area contributed by atoms with E-state index in [0.717, 1.165) is 5.75 Å². The number of ether oxygens (including phenoxy) is 1. The second-order valence-electron chi connectivity index (χ2n) is 4.49. The van der Waals surface area contributed by atoms with Gasteiger partial charge in [-0.25, -0.2) is 4.98 Å². The second-order valence-corrected chi connectivity index (χ2v) is 5.30. The number of hydrogen-bond acceptors (Lipinski definition) is 3. The molecule has 0 saturated heterocycles. The summed E-state index contributed by atoms with van der Waals surface area (Å²) in [5.41, 5.74) is 0.558. The summed E-state index contributed by atoms with van der Waals surface area (Å²) in [5, 5.41) is 2.74. The molecule has 1 heterocycles. The molecular formula is C15H15BrN2O2. The van der Waals surface area contributed by atoms with Gasteiger partial charge >= 0.3 is 0 Å². The predicted octanol–water partition coefficient (Wildman–Crippen LogP) is 3.88. The van der Waals surface area contributed by atoms with Gasteiger partial charge in [-0.05, 0) is 66.2 Å². The number of aromatic nitrogens is 1. The normalized spacial score (nSPS) is 10.4. The molecule has 0 aliphatic heterocycles. The van der Waals surface area contributed by atoms with Crippen molar-refractivity contribution >= 4 is 27.7 Å². The fraction of sp³-hybridized carbons (Fsp3) is 0.200. The molecule has 2 aromatic rings. The first-order valence-electron chi connectivity index (χ1n) is 6.25. The van der Waals surface area contributed by atoms with Crippen LogP contribution in [-0.4, -0.2) is 17.0 Å². The van der Waals surface area contributed by atoms with Gasteiger partial charge < -0.3 is 10.1 Å². The molecule has 1 aromatic heterocycles. The summed E-state index contributed by atoms with van der Waals surface area (Å²) in [4.78, 5) is 16.2. The molecule has 0 atom stereocenters. The van der Waals surface area contributed by atoms with Crippen molar-refractivity contribution < 1.29 is 9.53 Å². The highest BCUT2D eigenvalue weighted by Crippen LogP contribution is 2.15. The lowest BCUT2D eigenvalue weighted by atomic mass is 10.2. The van der Waals surface area contributed by atoms with Gasteiger partial charge in [0.25, 0.3) is 5.91 Å². The largest absolute Gasteiger partial charge is 0.491 e. The SMILES string of the molecule is CC(C)Oc1ccc(C(=O)Nc2cccc(Br)n2)cc1. The molecule has 1 aromatic carbocycles. The summed E-state index contributed by atoms with van der Waals surface area (Å²) < 4.78 is 6.21. The lowest BCUT2D eigenvalue weighted by Crippen LogP contribution is -2.13. The molecule has 0 unspecified atom stereocenters. The van der Waals surface area contributed by atoms with E-state index < -0.39 is 0 Å². The Morgan fingerprint density at radius 2 is 1.90 bits per heavy atom. The molecule has 0 aliphatic carbocycles. The van der Waals surface area contributed by atoms with Gasteiger partial charge in [-0.3, -0.25) is 4.79 Å². The molecule has 0 spiro atoms. The third-order valence-corrected chi connectivity index (χ3v) is 2.89. The monoisotopic (exact) mass is 334 g/mol. The number of pyridine rings is 1. The fourth-order valence-corrected chi connectivity index (χ4v) is 1.97. The quantitative estimate of drug-likeness (QED) is 0.863. The molecule has 0 bridgehead atoms. The van der Waals surface area contributed by atoms with Crippen LogP contribution in [0.1, 0.15) is 24.2 Å². The van der Waals surface area contributed by atoms with Crippen LogP contribution in [0.25, 0.3) is 0 Å². The number of nitrogens with one attached hydrogen (secondary N) is 1. The Labute approximate surface area is 126 Å². The Kier molecular flexibility index (Phi) is 4.74. The van der Waals surface area contributed by atoms with E-state index in [4.69, 9.17) is 4.74 Å². The van der Waals surface area contributed by atoms with Crippen LogP contribution in [-0.2, 0) is 0 Å². The molecule has 20 heavy (non-hydrogen) atoms. The van der Waals surface area contributed by atoms with Gasteiger partial charge in [0.15, 0.2) is 0 Å². The summed E-state index contributed by atoms with van der Waals surface area (Å²) in [6, 6.07) is 12.4. The Balaban J connectivity index is 2.06. The number of rotatable bonds is 4. The maximum Gasteiger partial charge on any atom is 0.256 e. The predicted molar refractivity (Wildman–Crippen MR) is 82.1 cm³/mol. The number of halogens is 1. The lowest BCUT2D eigenvalue weighted by Gasteiger charge is -2.10. The smallest absolute Gasteiger partial charge is 0.256 e. The molecule has 1 amide bonds. The lowest BCUT2D eigenvalue weighted by molar-refractivity contribution is 0.102. The number of amides is 1. The van der Waals surface area contributed by atoms with E-state index in [1.165, 1.54) is 0 Å². The third kappa shape index (κ3) is 4.06. The van der Waals surface area contributed by atoms with E-state index in [9.17, 15) is 4.79 Å². The van der Waals surface area contributed by atoms with E-state index in [0.29, 0.717) is 16.0 Å². The molecule has 0 radical (unpaired) electrons. The van der Waals surface area contributed by atoms with Gasteiger partial charge in [0, 0.05) is 5.56 Å². The minimum atomic E-state index is -0.202. The van der Waals surface area contributed by atoms with Crippen molar-refractivity contribution in [2.45, 2.75) is 20.0 Å². The van der Waals surface area contributed by atoms with Crippen LogP contribution in [0.3, 0.4) is 0 Å². The summed E-state index contributed by atoms with van der Waals surface area (Å²) in [7, 11) is 0. The van der Waals surface area contributed by atoms with E-state index >= 15 is 0 Å². The highest BCUT2D eigenvalue weighted by Gasteiger charge is 2.07. The molecule has 0 aliphatic rings. The van der Waals surface area contributed by atoms with Gasteiger partial charge in [-0.15, -0.1) is 0 Å². The van der Waals surface area contributed by atoms with Gasteiger partial charge in [0.05, 0.1) is 6.10 Å². The van der Waals surface area contributed by atoms with Crippen molar-refractivity contribution in [1.29, 1.82) is 0 Å². The van der Waals surface area contributed by atoms with Crippen molar-refractivity contribution in [3.05, 3.63) is 52.6 Å². The molecule has 2 rings (SSSR count). The van der Waals surface area contributed by atoms with Crippen LogP contribution in [0, 0.1) is 0 Å². The molecular weight excluding hydrogens is 320 g/mol. The minimum Gasteiger partial charge on any atom is -0.491 e. The fourth-order valence-electron chi connectivity index (χ4n) is 1.62. The van der Waals surface area contributed by atoms with Gasteiger partial charge in [0.2, 0.25) is 0 Å². The number of anilines is 1. The van der Waals surface area contributed by atoms with Crippen molar-refractivity contribution in [2.24, 2.45) is 0 Å². The van der Waals surface area contributed by atoms with Crippen LogP contribution in [0.2, 0.25) is 0 Å². The zero-order chi connectivity index (χ0) is 14.5. The van der Waals surface area contributed by atoms with Crippen LogP contribution < -0.4 is 10.1 Å². The molecule has 5 heteroatoms. The number of hydrogen-bond donors (Lipinski definition) is 1. The van der Waals surface area contributed by atoms with Crippen LogP contribution >= 0.6 is 15.9 Å². The molecule has 0 fully saturated rings. The molecule has 4 nitrogen and oxygen atoms in total. The summed E-state index contributed by atoms with van der Waals surface area (Å²) >= 11 is 3.26. The second kappa shape index (κ2) is 6.52. The number of carbonyl (C=O) groups is 1. The Morgan fingerprint density at radius 1 is 1.20 bits per heavy atom. The molecule has 0 saturated carbocycles. The van der Waals surface area contributed by atoms with Crippen molar-refractivity contribution in [2.75, 3.05) is 5.32 Å². The van der Waals surface area contributed by atoms with E-state index in [-0.39, 0.29) is 12.0 Å². The standard InChI is InChI=1S/C15H15BrN2O2/c1-10(2)20-12-8-6-11(7-9-12)15(19)18-14-5-3-4-13(16)17-14/h3-10H,1-2H3,(H,17,18,19). The first-order chi connectivity index (χ1) is 9.54. The number of nitrogens with zero attached hydrogens (tertiary/aromatic N) is 1. The third-order valence-electron chi connectivity index (χ3n) is 2.44. The first-order valence-corrected chi connectivity index (χ1v) is 7.04. The van der Waals surface area contributed by atoms with Crippen molar-refractivity contribution in [1.82, 2.24) is 4.98 Å². The van der Waals surface area contributed by atoms with E-state index in [1.807, 2.05) is 19.9 Å². The van der Waals surface area contributed by atoms with Gasteiger partial charge in [-0.1, -0.05) is 6.07 Å². The Hall–Kier alpha value is -1.88. The summed E-state index contributed by atoms with van der Waals surface area (Å²) in [5.74, 6) is 1.05. The summed E-state index contributed by atoms with van der Waals surface area (Å²) in [6.07, 6.45) is 0.112. The van der Waals surface area contributed by atoms with Crippen molar-refractivity contribution in [3.63, 3.8) is 0 Å². The van der Waals surface area contributed by atoms with Crippen LogP contribution in [0.5, 0.6) is 5.75 Å². The molecule has 1 N–H and O–H groups in total. The van der Waals surface area contributed by atoms with Crippen molar-refractivity contribution in [3.8, 4) is 5.75 Å². The maximum atomic E-state index is 12.1. The van der Waals surface area contributed by atoms with E-state index in [2.05, 4.69) is 26.2 Å². The topological polar surface area (TPSA) is 51.2 Å². The van der Waals surface area contributed by atoms with Gasteiger partial charge in [0.1, 0.15) is 16.2 Å². The highest BCUT2D eigenvalue weighted by atomic mass is 79.9. The molecule has 104 valence electrons. The van der Waals surface area contributed by atoms with Gasteiger partial charge in [-0.2, -0.15) is 0 Å². The average Bonchev–Trinajstić information content (AvgIpc) is 2.38. The highest BCUT2D eigenvalue weighted by molar-refractivity contribution is 9.10. The maximum absolute atomic E-state index is 12.1.